The van der Waals surface area contributed by atoms with E-state index < -0.39 is 0 Å². The summed E-state index contributed by atoms with van der Waals surface area (Å²) in [7, 11) is 0. The second kappa shape index (κ2) is 10.6. The first kappa shape index (κ1) is 22.4. The molecule has 0 bridgehead atoms. The number of amides is 2. The summed E-state index contributed by atoms with van der Waals surface area (Å²) in [6.45, 7) is 4.64. The Balaban J connectivity index is 0.00000256. The number of halogens is 2. The van der Waals surface area contributed by atoms with Crippen LogP contribution in [0, 0.1) is 5.82 Å². The van der Waals surface area contributed by atoms with Gasteiger partial charge in [0.05, 0.1) is 0 Å². The lowest BCUT2D eigenvalue weighted by atomic mass is 10.0. The molecule has 0 aliphatic carbocycles. The lowest BCUT2D eigenvalue weighted by Crippen LogP contribution is -2.52. The molecule has 2 aliphatic heterocycles. The fraction of sp³-hybridized carbons (Fsp3) is 0.435. The van der Waals surface area contributed by atoms with Gasteiger partial charge >= 0.3 is 6.03 Å². The van der Waals surface area contributed by atoms with Crippen molar-refractivity contribution in [2.75, 3.05) is 32.8 Å². The van der Waals surface area contributed by atoms with Crippen LogP contribution in [0.1, 0.15) is 24.0 Å². The molecule has 0 spiro atoms. The zero-order valence-electron chi connectivity index (χ0n) is 17.1. The van der Waals surface area contributed by atoms with Gasteiger partial charge < -0.3 is 15.0 Å². The number of carbonyl (C=O) groups excluding carboxylic acids is 1. The van der Waals surface area contributed by atoms with Gasteiger partial charge in [-0.1, -0.05) is 24.3 Å². The minimum absolute atomic E-state index is 0. The minimum Gasteiger partial charge on any atom is -0.492 e. The van der Waals surface area contributed by atoms with E-state index in [0.717, 1.165) is 45.4 Å². The smallest absolute Gasteiger partial charge is 0.317 e. The third-order valence-electron chi connectivity index (χ3n) is 5.74. The molecule has 30 heavy (non-hydrogen) atoms. The highest BCUT2D eigenvalue weighted by Gasteiger charge is 2.25. The average molecular weight is 434 g/mol. The molecule has 7 heteroatoms. The lowest BCUT2D eigenvalue weighted by Gasteiger charge is -2.35. The molecule has 0 saturated carbocycles. The van der Waals surface area contributed by atoms with Crippen LogP contribution >= 0.6 is 12.4 Å². The van der Waals surface area contributed by atoms with Crippen molar-refractivity contribution in [3.8, 4) is 5.75 Å². The Kier molecular flexibility index (Phi) is 7.94. The number of ether oxygens (including phenoxy) is 1. The standard InChI is InChI=1S/C23H28FN3O2.ClH/c24-20-7-9-22(10-8-20)29-15-14-26-12-3-6-21(17-26)25-23(28)27-13-11-18-4-1-2-5-19(18)16-27;/h1-2,4-5,7-10,21H,3,6,11-17H2,(H,25,28);1H. The molecular weight excluding hydrogens is 405 g/mol. The molecular formula is C23H29ClFN3O2. The van der Waals surface area contributed by atoms with Gasteiger partial charge in [-0.25, -0.2) is 9.18 Å². The quantitative estimate of drug-likeness (QED) is 0.778. The second-order valence-electron chi connectivity index (χ2n) is 7.83. The third-order valence-corrected chi connectivity index (χ3v) is 5.74. The van der Waals surface area contributed by atoms with Crippen molar-refractivity contribution < 1.29 is 13.9 Å². The predicted octanol–water partition coefficient (Wildman–Crippen LogP) is 3.86. The number of hydrogen-bond acceptors (Lipinski definition) is 3. The Hall–Kier alpha value is -2.31. The zero-order chi connectivity index (χ0) is 20.1. The highest BCUT2D eigenvalue weighted by atomic mass is 35.5. The van der Waals surface area contributed by atoms with Gasteiger partial charge in [0, 0.05) is 32.2 Å². The van der Waals surface area contributed by atoms with E-state index in [-0.39, 0.29) is 30.3 Å². The first-order chi connectivity index (χ1) is 14.2. The highest BCUT2D eigenvalue weighted by Crippen LogP contribution is 2.19. The van der Waals surface area contributed by atoms with Crippen molar-refractivity contribution in [2.45, 2.75) is 31.8 Å². The van der Waals surface area contributed by atoms with Crippen molar-refractivity contribution >= 4 is 18.4 Å². The molecule has 4 rings (SSSR count). The van der Waals surface area contributed by atoms with E-state index in [9.17, 15) is 9.18 Å². The topological polar surface area (TPSA) is 44.8 Å². The van der Waals surface area contributed by atoms with Crippen LogP contribution in [0.2, 0.25) is 0 Å². The maximum atomic E-state index is 13.0. The summed E-state index contributed by atoms with van der Waals surface area (Å²) in [4.78, 5) is 17.0. The largest absolute Gasteiger partial charge is 0.492 e. The fourth-order valence-corrected chi connectivity index (χ4v) is 4.13. The van der Waals surface area contributed by atoms with Crippen LogP contribution in [0.4, 0.5) is 9.18 Å². The van der Waals surface area contributed by atoms with Crippen LogP contribution in [-0.2, 0) is 13.0 Å². The van der Waals surface area contributed by atoms with Gasteiger partial charge in [0.25, 0.3) is 0 Å². The molecule has 2 aromatic rings. The summed E-state index contributed by atoms with van der Waals surface area (Å²) in [5.74, 6) is 0.419. The normalized spacial score (nSPS) is 18.8. The van der Waals surface area contributed by atoms with Crippen molar-refractivity contribution in [2.24, 2.45) is 0 Å². The molecule has 0 aromatic heterocycles. The number of carbonyl (C=O) groups is 1. The molecule has 2 amide bonds. The van der Waals surface area contributed by atoms with Crippen molar-refractivity contribution in [3.05, 3.63) is 65.5 Å². The average Bonchev–Trinajstić information content (AvgIpc) is 2.75. The SMILES string of the molecule is Cl.O=C(NC1CCCN(CCOc2ccc(F)cc2)C1)N1CCc2ccccc2C1. The molecule has 2 heterocycles. The predicted molar refractivity (Wildman–Crippen MR) is 118 cm³/mol. The van der Waals surface area contributed by atoms with Crippen molar-refractivity contribution in [1.29, 1.82) is 0 Å². The number of hydrogen-bond donors (Lipinski definition) is 1. The van der Waals surface area contributed by atoms with Gasteiger partial charge in [0.2, 0.25) is 0 Å². The Morgan fingerprint density at radius 3 is 2.67 bits per heavy atom. The van der Waals surface area contributed by atoms with Gasteiger partial charge in [0.15, 0.2) is 0 Å². The first-order valence-electron chi connectivity index (χ1n) is 10.4. The van der Waals surface area contributed by atoms with Gasteiger partial charge in [-0.3, -0.25) is 4.90 Å². The highest BCUT2D eigenvalue weighted by molar-refractivity contribution is 5.85. The molecule has 162 valence electrons. The van der Waals surface area contributed by atoms with E-state index >= 15 is 0 Å². The summed E-state index contributed by atoms with van der Waals surface area (Å²) < 4.78 is 18.7. The van der Waals surface area contributed by atoms with E-state index in [1.165, 1.54) is 23.3 Å². The van der Waals surface area contributed by atoms with Crippen LogP contribution in [0.15, 0.2) is 48.5 Å². The van der Waals surface area contributed by atoms with Crippen LogP contribution in [0.3, 0.4) is 0 Å². The first-order valence-corrected chi connectivity index (χ1v) is 10.4. The van der Waals surface area contributed by atoms with Gasteiger partial charge in [-0.05, 0) is 61.2 Å². The van der Waals surface area contributed by atoms with Gasteiger partial charge in [-0.15, -0.1) is 12.4 Å². The Bertz CT molecular complexity index is 833. The number of nitrogens with one attached hydrogen (secondary N) is 1. The van der Waals surface area contributed by atoms with E-state index in [4.69, 9.17) is 4.74 Å². The van der Waals surface area contributed by atoms with Crippen LogP contribution in [-0.4, -0.2) is 54.7 Å². The molecule has 5 nitrogen and oxygen atoms in total. The van der Waals surface area contributed by atoms with E-state index in [1.807, 2.05) is 11.0 Å². The molecule has 1 saturated heterocycles. The van der Waals surface area contributed by atoms with E-state index in [0.29, 0.717) is 18.9 Å². The number of rotatable bonds is 5. The summed E-state index contributed by atoms with van der Waals surface area (Å²) in [5.41, 5.74) is 2.60. The number of benzene rings is 2. The number of urea groups is 1. The number of piperidine rings is 1. The summed E-state index contributed by atoms with van der Waals surface area (Å²) >= 11 is 0. The molecule has 2 aliphatic rings. The maximum absolute atomic E-state index is 13.0. The van der Waals surface area contributed by atoms with Crippen molar-refractivity contribution in [3.63, 3.8) is 0 Å². The monoisotopic (exact) mass is 433 g/mol. The van der Waals surface area contributed by atoms with Crippen LogP contribution in [0.5, 0.6) is 5.75 Å². The van der Waals surface area contributed by atoms with E-state index in [2.05, 4.69) is 28.4 Å². The maximum Gasteiger partial charge on any atom is 0.317 e. The molecule has 0 radical (unpaired) electrons. The third kappa shape index (κ3) is 5.86. The molecule has 1 atom stereocenters. The summed E-state index contributed by atoms with van der Waals surface area (Å²) in [5, 5.41) is 3.23. The fourth-order valence-electron chi connectivity index (χ4n) is 4.13. The van der Waals surface area contributed by atoms with Crippen LogP contribution < -0.4 is 10.1 Å². The number of likely N-dealkylation sites (tertiary alicyclic amines) is 1. The summed E-state index contributed by atoms with van der Waals surface area (Å²) in [6, 6.07) is 14.7. The second-order valence-corrected chi connectivity index (χ2v) is 7.83. The molecule has 2 aromatic carbocycles. The van der Waals surface area contributed by atoms with Crippen LogP contribution in [0.25, 0.3) is 0 Å². The number of nitrogens with zero attached hydrogens (tertiary/aromatic N) is 2. The Morgan fingerprint density at radius 2 is 1.87 bits per heavy atom. The minimum atomic E-state index is -0.260. The molecule has 1 unspecified atom stereocenters. The lowest BCUT2D eigenvalue weighted by molar-refractivity contribution is 0.148. The summed E-state index contributed by atoms with van der Waals surface area (Å²) in [6.07, 6.45) is 2.98. The molecule has 1 N–H and O–H groups in total. The zero-order valence-corrected chi connectivity index (χ0v) is 17.9. The number of fused-ring (bicyclic) bond motifs is 1. The van der Waals surface area contributed by atoms with Crippen molar-refractivity contribution in [1.82, 2.24) is 15.1 Å². The van der Waals surface area contributed by atoms with Gasteiger partial charge in [0.1, 0.15) is 18.2 Å². The molecule has 1 fully saturated rings. The van der Waals surface area contributed by atoms with E-state index in [1.54, 1.807) is 12.1 Å². The Labute approximate surface area is 183 Å². The van der Waals surface area contributed by atoms with Gasteiger partial charge in [-0.2, -0.15) is 0 Å². The Morgan fingerprint density at radius 1 is 1.10 bits per heavy atom.